The Balaban J connectivity index is 1.47. The molecular weight excluding hydrogens is 373 g/mol. The summed E-state index contributed by atoms with van der Waals surface area (Å²) in [6.45, 7) is 5.17. The van der Waals surface area contributed by atoms with Crippen molar-refractivity contribution >= 4 is 28.1 Å². The zero-order valence-corrected chi connectivity index (χ0v) is 17.0. The van der Waals surface area contributed by atoms with Crippen molar-refractivity contribution in [3.8, 4) is 10.6 Å². The summed E-state index contributed by atoms with van der Waals surface area (Å²) < 4.78 is 15.7. The number of piperidine rings is 1. The van der Waals surface area contributed by atoms with Crippen LogP contribution in [0.3, 0.4) is 0 Å². The molecule has 0 unspecified atom stereocenters. The van der Waals surface area contributed by atoms with Gasteiger partial charge >= 0.3 is 0 Å². The van der Waals surface area contributed by atoms with Gasteiger partial charge in [0.05, 0.1) is 10.6 Å². The molecule has 4 nitrogen and oxygen atoms in total. The number of nitrogens with one attached hydrogen (secondary N) is 1. The third kappa shape index (κ3) is 4.13. The SMILES string of the molecule is C[C@@H]1CCCCN1CCNC(=O)Cn1c(-c2cccs2)cc2cc(F)ccc21. The molecular formula is C22H26FN3OS. The zero-order chi connectivity index (χ0) is 19.5. The zero-order valence-electron chi connectivity index (χ0n) is 16.2. The highest BCUT2D eigenvalue weighted by Gasteiger charge is 2.18. The van der Waals surface area contributed by atoms with E-state index in [1.165, 1.54) is 31.4 Å². The third-order valence-corrected chi connectivity index (χ3v) is 6.49. The molecule has 1 atom stereocenters. The summed E-state index contributed by atoms with van der Waals surface area (Å²) in [6, 6.07) is 11.3. The fourth-order valence-electron chi connectivity index (χ4n) is 4.07. The van der Waals surface area contributed by atoms with Gasteiger partial charge in [-0.1, -0.05) is 12.5 Å². The molecule has 4 rings (SSSR count). The van der Waals surface area contributed by atoms with E-state index in [0.717, 1.165) is 34.6 Å². The van der Waals surface area contributed by atoms with Crippen molar-refractivity contribution in [1.29, 1.82) is 0 Å². The summed E-state index contributed by atoms with van der Waals surface area (Å²) in [6.07, 6.45) is 3.79. The molecule has 3 heterocycles. The molecule has 2 aromatic heterocycles. The van der Waals surface area contributed by atoms with Gasteiger partial charge in [-0.05, 0) is 62.0 Å². The third-order valence-electron chi connectivity index (χ3n) is 5.60. The number of carbonyl (C=O) groups excluding carboxylic acids is 1. The highest BCUT2D eigenvalue weighted by atomic mass is 32.1. The predicted molar refractivity (Wildman–Crippen MR) is 113 cm³/mol. The Morgan fingerprint density at radius 3 is 2.96 bits per heavy atom. The van der Waals surface area contributed by atoms with E-state index >= 15 is 0 Å². The van der Waals surface area contributed by atoms with Gasteiger partial charge in [-0.3, -0.25) is 9.69 Å². The topological polar surface area (TPSA) is 37.3 Å². The van der Waals surface area contributed by atoms with Crippen LogP contribution in [0, 0.1) is 5.82 Å². The molecule has 6 heteroatoms. The van der Waals surface area contributed by atoms with Crippen LogP contribution in [0.4, 0.5) is 4.39 Å². The molecule has 0 aliphatic carbocycles. The molecule has 1 fully saturated rings. The molecule has 3 aromatic rings. The second kappa shape index (κ2) is 8.45. The second-order valence-electron chi connectivity index (χ2n) is 7.53. The van der Waals surface area contributed by atoms with Gasteiger partial charge in [0, 0.05) is 30.0 Å². The lowest BCUT2D eigenvalue weighted by Gasteiger charge is -2.33. The summed E-state index contributed by atoms with van der Waals surface area (Å²) in [5, 5.41) is 5.89. The lowest BCUT2D eigenvalue weighted by atomic mass is 10.0. The maximum Gasteiger partial charge on any atom is 0.240 e. The van der Waals surface area contributed by atoms with E-state index in [0.29, 0.717) is 12.6 Å². The predicted octanol–water partition coefficient (Wildman–Crippen LogP) is 4.50. The van der Waals surface area contributed by atoms with E-state index in [2.05, 4.69) is 17.1 Å². The normalized spacial score (nSPS) is 17.9. The van der Waals surface area contributed by atoms with Crippen LogP contribution >= 0.6 is 11.3 Å². The molecule has 0 spiro atoms. The average Bonchev–Trinajstić information content (AvgIpc) is 3.31. The molecule has 28 heavy (non-hydrogen) atoms. The number of aromatic nitrogens is 1. The molecule has 1 saturated heterocycles. The van der Waals surface area contributed by atoms with Crippen molar-refractivity contribution in [2.45, 2.75) is 38.8 Å². The monoisotopic (exact) mass is 399 g/mol. The van der Waals surface area contributed by atoms with Crippen molar-refractivity contribution in [3.63, 3.8) is 0 Å². The van der Waals surface area contributed by atoms with Crippen LogP contribution in [0.25, 0.3) is 21.5 Å². The van der Waals surface area contributed by atoms with Crippen molar-refractivity contribution in [2.24, 2.45) is 0 Å². The van der Waals surface area contributed by atoms with Crippen molar-refractivity contribution in [1.82, 2.24) is 14.8 Å². The molecule has 148 valence electrons. The Kier molecular flexibility index (Phi) is 5.78. The number of fused-ring (bicyclic) bond motifs is 1. The molecule has 1 aliphatic rings. The number of halogens is 1. The minimum Gasteiger partial charge on any atom is -0.353 e. The van der Waals surface area contributed by atoms with Crippen LogP contribution in [0.5, 0.6) is 0 Å². The number of rotatable bonds is 6. The van der Waals surface area contributed by atoms with Crippen molar-refractivity contribution in [2.75, 3.05) is 19.6 Å². The molecule has 1 aromatic carbocycles. The number of hydrogen-bond acceptors (Lipinski definition) is 3. The summed E-state index contributed by atoms with van der Waals surface area (Å²) in [5.74, 6) is -0.272. The van der Waals surface area contributed by atoms with Crippen LogP contribution in [0.1, 0.15) is 26.2 Å². The van der Waals surface area contributed by atoms with E-state index in [-0.39, 0.29) is 18.3 Å². The number of carbonyl (C=O) groups is 1. The Morgan fingerprint density at radius 2 is 2.18 bits per heavy atom. The number of nitrogens with zero attached hydrogens (tertiary/aromatic N) is 2. The molecule has 0 bridgehead atoms. The summed E-state index contributed by atoms with van der Waals surface area (Å²) in [4.78, 5) is 16.2. The minimum atomic E-state index is -0.262. The second-order valence-corrected chi connectivity index (χ2v) is 8.47. The van der Waals surface area contributed by atoms with E-state index < -0.39 is 0 Å². The first-order valence-corrected chi connectivity index (χ1v) is 10.8. The first-order valence-electron chi connectivity index (χ1n) is 9.95. The Hall–Kier alpha value is -2.18. The highest BCUT2D eigenvalue weighted by Crippen LogP contribution is 2.31. The lowest BCUT2D eigenvalue weighted by molar-refractivity contribution is -0.121. The minimum absolute atomic E-state index is 0.00991. The fraction of sp³-hybridized carbons (Fsp3) is 0.409. The van der Waals surface area contributed by atoms with Crippen LogP contribution in [-0.2, 0) is 11.3 Å². The molecule has 1 amide bonds. The molecule has 0 saturated carbocycles. The summed E-state index contributed by atoms with van der Waals surface area (Å²) >= 11 is 1.62. The standard InChI is InChI=1S/C22H26FN3OS/c1-16-5-2-3-10-25(16)11-9-24-22(27)15-26-19-8-7-18(23)13-17(19)14-20(26)21-6-4-12-28-21/h4,6-8,12-14,16H,2-3,5,9-11,15H2,1H3,(H,24,27)/t16-/m1/s1. The van der Waals surface area contributed by atoms with Gasteiger partial charge in [0.15, 0.2) is 0 Å². The number of hydrogen-bond donors (Lipinski definition) is 1. The van der Waals surface area contributed by atoms with Crippen LogP contribution in [-0.4, -0.2) is 41.1 Å². The van der Waals surface area contributed by atoms with Gasteiger partial charge in [0.25, 0.3) is 0 Å². The van der Waals surface area contributed by atoms with E-state index in [4.69, 9.17) is 0 Å². The first-order chi connectivity index (χ1) is 13.6. The van der Waals surface area contributed by atoms with Crippen molar-refractivity contribution < 1.29 is 9.18 Å². The maximum absolute atomic E-state index is 13.7. The van der Waals surface area contributed by atoms with Gasteiger partial charge in [-0.25, -0.2) is 4.39 Å². The molecule has 0 radical (unpaired) electrons. The summed E-state index contributed by atoms with van der Waals surface area (Å²) in [7, 11) is 0. The Bertz CT molecular complexity index is 950. The fourth-order valence-corrected chi connectivity index (χ4v) is 4.82. The van der Waals surface area contributed by atoms with Gasteiger partial charge < -0.3 is 9.88 Å². The van der Waals surface area contributed by atoms with Crippen LogP contribution in [0.15, 0.2) is 41.8 Å². The van der Waals surface area contributed by atoms with Crippen LogP contribution in [0.2, 0.25) is 0 Å². The Labute approximate surface area is 169 Å². The average molecular weight is 400 g/mol. The molecule has 1 N–H and O–H groups in total. The van der Waals surface area contributed by atoms with Gasteiger partial charge in [0.2, 0.25) is 5.91 Å². The quantitative estimate of drug-likeness (QED) is 0.663. The van der Waals surface area contributed by atoms with E-state index in [1.807, 2.05) is 28.1 Å². The number of thiophene rings is 1. The van der Waals surface area contributed by atoms with Gasteiger partial charge in [-0.2, -0.15) is 0 Å². The smallest absolute Gasteiger partial charge is 0.240 e. The van der Waals surface area contributed by atoms with E-state index in [1.54, 1.807) is 17.4 Å². The number of amides is 1. The van der Waals surface area contributed by atoms with Crippen LogP contribution < -0.4 is 5.32 Å². The number of likely N-dealkylation sites (tertiary alicyclic amines) is 1. The first kappa shape index (κ1) is 19.2. The molecule has 1 aliphatic heterocycles. The maximum atomic E-state index is 13.7. The van der Waals surface area contributed by atoms with Crippen molar-refractivity contribution in [3.05, 3.63) is 47.6 Å². The summed E-state index contributed by atoms with van der Waals surface area (Å²) in [5.41, 5.74) is 1.83. The largest absolute Gasteiger partial charge is 0.353 e. The van der Waals surface area contributed by atoms with Gasteiger partial charge in [0.1, 0.15) is 12.4 Å². The Morgan fingerprint density at radius 1 is 1.29 bits per heavy atom. The number of benzene rings is 1. The van der Waals surface area contributed by atoms with E-state index in [9.17, 15) is 9.18 Å². The lowest BCUT2D eigenvalue weighted by Crippen LogP contribution is -2.42. The van der Waals surface area contributed by atoms with Gasteiger partial charge in [-0.15, -0.1) is 11.3 Å². The highest BCUT2D eigenvalue weighted by molar-refractivity contribution is 7.13.